The van der Waals surface area contributed by atoms with Gasteiger partial charge in [0.15, 0.2) is 0 Å². The molecule has 0 spiro atoms. The predicted octanol–water partition coefficient (Wildman–Crippen LogP) is 3.49. The lowest BCUT2D eigenvalue weighted by Crippen LogP contribution is -2.42. The average Bonchev–Trinajstić information content (AvgIpc) is 3.47. The van der Waals surface area contributed by atoms with Gasteiger partial charge in [-0.15, -0.1) is 5.10 Å². The molecule has 3 aromatic rings. The fourth-order valence-electron chi connectivity index (χ4n) is 3.73. The summed E-state index contributed by atoms with van der Waals surface area (Å²) in [6.45, 7) is 6.94. The van der Waals surface area contributed by atoms with E-state index in [9.17, 15) is 10.1 Å². The number of carbonyl (C=O) groups excluding carboxylic acids is 1. The zero-order valence-electron chi connectivity index (χ0n) is 19.0. The maximum absolute atomic E-state index is 12.3. The van der Waals surface area contributed by atoms with E-state index in [-0.39, 0.29) is 18.7 Å². The van der Waals surface area contributed by atoms with Crippen molar-refractivity contribution >= 4 is 6.09 Å². The molecule has 1 saturated heterocycles. The molecule has 0 radical (unpaired) electrons. The third-order valence-corrected chi connectivity index (χ3v) is 5.36. The lowest BCUT2D eigenvalue weighted by molar-refractivity contribution is 0.0184. The van der Waals surface area contributed by atoms with Crippen molar-refractivity contribution < 1.29 is 14.3 Å². The molecule has 0 atom stereocenters. The number of carbonyl (C=O) groups is 1. The topological polar surface area (TPSA) is 111 Å². The van der Waals surface area contributed by atoms with E-state index in [1.54, 1.807) is 32.9 Å². The first kappa shape index (κ1) is 22.3. The van der Waals surface area contributed by atoms with Gasteiger partial charge in [0, 0.05) is 18.7 Å². The summed E-state index contributed by atoms with van der Waals surface area (Å²) in [6, 6.07) is 9.78. The van der Waals surface area contributed by atoms with E-state index >= 15 is 0 Å². The summed E-state index contributed by atoms with van der Waals surface area (Å²) in [5.41, 5.74) is 1.58. The van der Waals surface area contributed by atoms with Crippen LogP contribution < -0.4 is 4.74 Å². The van der Waals surface area contributed by atoms with E-state index in [4.69, 9.17) is 9.47 Å². The molecule has 0 saturated carbocycles. The number of likely N-dealkylation sites (tertiary alicyclic amines) is 1. The van der Waals surface area contributed by atoms with Crippen molar-refractivity contribution in [3.8, 4) is 17.5 Å². The normalized spacial score (nSPS) is 14.7. The highest BCUT2D eigenvalue weighted by molar-refractivity contribution is 5.68. The van der Waals surface area contributed by atoms with Crippen LogP contribution in [0.5, 0.6) is 5.75 Å². The minimum atomic E-state index is -0.518. The summed E-state index contributed by atoms with van der Waals surface area (Å²) in [7, 11) is 0. The summed E-state index contributed by atoms with van der Waals surface area (Å²) >= 11 is 0. The smallest absolute Gasteiger partial charge is 0.410 e. The second-order valence-corrected chi connectivity index (χ2v) is 8.90. The van der Waals surface area contributed by atoms with Gasteiger partial charge < -0.3 is 14.4 Å². The fraction of sp³-hybridized carbons (Fsp3) is 0.435. The molecule has 33 heavy (non-hydrogen) atoms. The third-order valence-electron chi connectivity index (χ3n) is 5.36. The lowest BCUT2D eigenvalue weighted by atomic mass is 10.1. The van der Waals surface area contributed by atoms with Crippen LogP contribution in [0.15, 0.2) is 42.9 Å². The number of nitriles is 1. The van der Waals surface area contributed by atoms with Crippen LogP contribution >= 0.6 is 0 Å². The van der Waals surface area contributed by atoms with Crippen LogP contribution in [0.1, 0.15) is 50.9 Å². The number of ether oxygens (including phenoxy) is 2. The zero-order chi connectivity index (χ0) is 23.4. The molecule has 172 valence electrons. The minimum Gasteiger partial charge on any atom is -0.489 e. The van der Waals surface area contributed by atoms with E-state index in [1.807, 2.05) is 45.0 Å². The SMILES string of the molecule is CC(C)(C)OC(=O)N1CCC(n2ncc(COc3ccc(-n4ccnn4)cc3)c2C#N)CC1. The van der Waals surface area contributed by atoms with Gasteiger partial charge in [-0.25, -0.2) is 9.48 Å². The lowest BCUT2D eigenvalue weighted by Gasteiger charge is -2.33. The number of amides is 1. The van der Waals surface area contributed by atoms with E-state index in [2.05, 4.69) is 21.5 Å². The van der Waals surface area contributed by atoms with Crippen LogP contribution in [0.25, 0.3) is 5.69 Å². The average molecular weight is 450 g/mol. The van der Waals surface area contributed by atoms with E-state index < -0.39 is 5.60 Å². The molecule has 3 heterocycles. The van der Waals surface area contributed by atoms with Gasteiger partial charge >= 0.3 is 6.09 Å². The Morgan fingerprint density at radius 2 is 1.94 bits per heavy atom. The van der Waals surface area contributed by atoms with Gasteiger partial charge in [0.05, 0.1) is 30.3 Å². The van der Waals surface area contributed by atoms with Gasteiger partial charge in [0.25, 0.3) is 0 Å². The molecule has 0 N–H and O–H groups in total. The van der Waals surface area contributed by atoms with Crippen LogP contribution in [-0.2, 0) is 11.3 Å². The van der Waals surface area contributed by atoms with Gasteiger partial charge in [0.1, 0.15) is 29.7 Å². The number of hydrogen-bond acceptors (Lipinski definition) is 7. The van der Waals surface area contributed by atoms with Crippen molar-refractivity contribution in [2.24, 2.45) is 0 Å². The number of piperidine rings is 1. The molecule has 10 nitrogen and oxygen atoms in total. The Morgan fingerprint density at radius 1 is 1.21 bits per heavy atom. The molecule has 2 aromatic heterocycles. The van der Waals surface area contributed by atoms with Crippen LogP contribution in [0.4, 0.5) is 4.79 Å². The molecule has 1 aromatic carbocycles. The maximum Gasteiger partial charge on any atom is 0.410 e. The molecule has 1 fully saturated rings. The second kappa shape index (κ2) is 9.32. The molecular weight excluding hydrogens is 422 g/mol. The van der Waals surface area contributed by atoms with Gasteiger partial charge in [-0.05, 0) is 57.9 Å². The molecule has 0 unspecified atom stereocenters. The molecule has 0 bridgehead atoms. The quantitative estimate of drug-likeness (QED) is 0.586. The third kappa shape index (κ3) is 5.31. The summed E-state index contributed by atoms with van der Waals surface area (Å²) < 4.78 is 14.8. The molecule has 1 aliphatic heterocycles. The number of hydrogen-bond donors (Lipinski definition) is 0. The molecular formula is C23H27N7O3. The van der Waals surface area contributed by atoms with Crippen LogP contribution in [0.3, 0.4) is 0 Å². The van der Waals surface area contributed by atoms with Crippen LogP contribution in [0.2, 0.25) is 0 Å². The van der Waals surface area contributed by atoms with E-state index in [1.165, 1.54) is 0 Å². The first-order chi connectivity index (χ1) is 15.8. The summed E-state index contributed by atoms with van der Waals surface area (Å²) in [4.78, 5) is 14.0. The molecule has 0 aliphatic carbocycles. The highest BCUT2D eigenvalue weighted by Crippen LogP contribution is 2.26. The molecule has 10 heteroatoms. The summed E-state index contributed by atoms with van der Waals surface area (Å²) in [5.74, 6) is 0.682. The monoisotopic (exact) mass is 449 g/mol. The largest absolute Gasteiger partial charge is 0.489 e. The fourth-order valence-corrected chi connectivity index (χ4v) is 3.73. The Labute approximate surface area is 192 Å². The molecule has 4 rings (SSSR count). The van der Waals surface area contributed by atoms with E-state index in [0.29, 0.717) is 37.4 Å². The van der Waals surface area contributed by atoms with Crippen molar-refractivity contribution in [3.05, 3.63) is 54.1 Å². The van der Waals surface area contributed by atoms with Crippen molar-refractivity contribution in [1.82, 2.24) is 29.7 Å². The van der Waals surface area contributed by atoms with Crippen molar-refractivity contribution in [2.75, 3.05) is 13.1 Å². The van der Waals surface area contributed by atoms with Crippen LogP contribution in [0, 0.1) is 11.3 Å². The van der Waals surface area contributed by atoms with Gasteiger partial charge in [0.2, 0.25) is 0 Å². The van der Waals surface area contributed by atoms with Crippen molar-refractivity contribution in [1.29, 1.82) is 5.26 Å². The number of benzene rings is 1. The Balaban J connectivity index is 1.36. The predicted molar refractivity (Wildman–Crippen MR) is 119 cm³/mol. The molecule has 1 amide bonds. The minimum absolute atomic E-state index is 0.0500. The number of aromatic nitrogens is 5. The first-order valence-corrected chi connectivity index (χ1v) is 10.9. The first-order valence-electron chi connectivity index (χ1n) is 10.9. The van der Waals surface area contributed by atoms with Gasteiger partial charge in [-0.1, -0.05) is 5.21 Å². The van der Waals surface area contributed by atoms with Crippen molar-refractivity contribution in [3.63, 3.8) is 0 Å². The van der Waals surface area contributed by atoms with Gasteiger partial charge in [-0.3, -0.25) is 4.68 Å². The van der Waals surface area contributed by atoms with Gasteiger partial charge in [-0.2, -0.15) is 10.4 Å². The Bertz CT molecular complexity index is 1120. The number of rotatable bonds is 5. The highest BCUT2D eigenvalue weighted by Gasteiger charge is 2.29. The summed E-state index contributed by atoms with van der Waals surface area (Å²) in [5, 5.41) is 22.0. The standard InChI is InChI=1S/C23H27N7O3/c1-23(2,3)33-22(31)28-11-8-19(9-12-28)30-21(14-24)17(15-26-30)16-32-20-6-4-18(5-7-20)29-13-10-25-27-29/h4-7,10,13,15,19H,8-9,11-12,16H2,1-3H3. The summed E-state index contributed by atoms with van der Waals surface area (Å²) in [6.07, 6.45) is 6.18. The van der Waals surface area contributed by atoms with Crippen molar-refractivity contribution in [2.45, 2.75) is 51.9 Å². The zero-order valence-corrected chi connectivity index (χ0v) is 19.0. The van der Waals surface area contributed by atoms with Crippen LogP contribution in [-0.4, -0.2) is 54.5 Å². The Kier molecular flexibility index (Phi) is 6.31. The number of nitrogens with zero attached hydrogens (tertiary/aromatic N) is 7. The maximum atomic E-state index is 12.3. The second-order valence-electron chi connectivity index (χ2n) is 8.90. The Morgan fingerprint density at radius 3 is 2.55 bits per heavy atom. The highest BCUT2D eigenvalue weighted by atomic mass is 16.6. The van der Waals surface area contributed by atoms with E-state index in [0.717, 1.165) is 11.3 Å². The Hall–Kier alpha value is -3.87. The molecule has 1 aliphatic rings.